The van der Waals surface area contributed by atoms with E-state index >= 15 is 0 Å². The first-order valence-electron chi connectivity index (χ1n) is 29.8. The van der Waals surface area contributed by atoms with Crippen molar-refractivity contribution >= 4 is 11.9 Å². The molecule has 0 saturated heterocycles. The van der Waals surface area contributed by atoms with E-state index in [0.717, 1.165) is 38.5 Å². The molecule has 65 heavy (non-hydrogen) atoms. The number of aliphatic hydroxyl groups excluding tert-OH is 2. The molecule has 0 rings (SSSR count). The van der Waals surface area contributed by atoms with Crippen LogP contribution in [0, 0.1) is 0 Å². The molecule has 388 valence electrons. The molecule has 0 aliphatic heterocycles. The Labute approximate surface area is 406 Å². The highest BCUT2D eigenvalue weighted by atomic mass is 16.5. The molecule has 0 aromatic heterocycles. The summed E-state index contributed by atoms with van der Waals surface area (Å²) in [7, 11) is 0. The van der Waals surface area contributed by atoms with E-state index in [0.29, 0.717) is 19.3 Å². The maximum Gasteiger partial charge on any atom is 0.306 e. The standard InChI is InChI=1S/C59H117NO5/c1-4-7-10-13-16-19-22-24-26-28-30-32-34-37-40-43-46-49-52-59(64)65-55(50-47-44-41-38-36-33-31-29-27-25-23-20-17-14-11-8-5-2)53-58(63)60-56(54-61)57(62)51-48-45-42-39-35-21-18-15-12-9-6-3/h55-57,61-62H,4-54H2,1-3H3,(H,60,63). The molecule has 0 aliphatic carbocycles. The summed E-state index contributed by atoms with van der Waals surface area (Å²) in [5.41, 5.74) is 0. The van der Waals surface area contributed by atoms with Crippen molar-refractivity contribution in [2.24, 2.45) is 0 Å². The van der Waals surface area contributed by atoms with Crippen molar-refractivity contribution in [3.8, 4) is 0 Å². The Bertz CT molecular complexity index is 944. The van der Waals surface area contributed by atoms with E-state index in [9.17, 15) is 19.8 Å². The summed E-state index contributed by atoms with van der Waals surface area (Å²) in [6.07, 6.45) is 60.3. The van der Waals surface area contributed by atoms with E-state index in [4.69, 9.17) is 4.74 Å². The second kappa shape index (κ2) is 53.8. The molecule has 0 aromatic rings. The van der Waals surface area contributed by atoms with Crippen LogP contribution >= 0.6 is 0 Å². The molecule has 0 radical (unpaired) electrons. The van der Waals surface area contributed by atoms with E-state index in [1.54, 1.807) is 0 Å². The molecule has 0 bridgehead atoms. The summed E-state index contributed by atoms with van der Waals surface area (Å²) < 4.78 is 5.98. The van der Waals surface area contributed by atoms with Crippen LogP contribution in [0.3, 0.4) is 0 Å². The first-order chi connectivity index (χ1) is 32.0. The molecule has 6 nitrogen and oxygen atoms in total. The van der Waals surface area contributed by atoms with E-state index in [2.05, 4.69) is 26.1 Å². The number of rotatable bonds is 55. The third kappa shape index (κ3) is 49.1. The lowest BCUT2D eigenvalue weighted by atomic mass is 10.0. The molecule has 0 saturated carbocycles. The fourth-order valence-electron chi connectivity index (χ4n) is 9.67. The summed E-state index contributed by atoms with van der Waals surface area (Å²) in [6.45, 7) is 6.53. The highest BCUT2D eigenvalue weighted by Crippen LogP contribution is 2.20. The zero-order chi connectivity index (χ0) is 47.4. The van der Waals surface area contributed by atoms with Gasteiger partial charge in [-0.3, -0.25) is 9.59 Å². The molecule has 0 aliphatic rings. The SMILES string of the molecule is CCCCCCCCCCCCCCCCCCCCC(=O)OC(CCCCCCCCCCCCCCCCCCC)CC(=O)NC(CO)C(O)CCCCCCCCCCCCC. The topological polar surface area (TPSA) is 95.9 Å². The molecule has 0 fully saturated rings. The lowest BCUT2D eigenvalue weighted by Crippen LogP contribution is -2.46. The molecule has 3 N–H and O–H groups in total. The fraction of sp³-hybridized carbons (Fsp3) is 0.966. The van der Waals surface area contributed by atoms with Crippen LogP contribution in [0.2, 0.25) is 0 Å². The van der Waals surface area contributed by atoms with Gasteiger partial charge >= 0.3 is 5.97 Å². The van der Waals surface area contributed by atoms with E-state index in [1.807, 2.05) is 0 Å². The number of unbranched alkanes of at least 4 members (excludes halogenated alkanes) is 43. The summed E-state index contributed by atoms with van der Waals surface area (Å²) >= 11 is 0. The first kappa shape index (κ1) is 63.9. The van der Waals surface area contributed by atoms with Crippen LogP contribution in [0.1, 0.15) is 342 Å². The minimum atomic E-state index is -0.779. The van der Waals surface area contributed by atoms with Gasteiger partial charge in [0.25, 0.3) is 0 Å². The summed E-state index contributed by atoms with van der Waals surface area (Å²) in [5.74, 6) is -0.443. The maximum atomic E-state index is 13.3. The largest absolute Gasteiger partial charge is 0.462 e. The summed E-state index contributed by atoms with van der Waals surface area (Å²) in [5, 5.41) is 23.8. The van der Waals surface area contributed by atoms with Crippen LogP contribution in [0.5, 0.6) is 0 Å². The number of nitrogens with one attached hydrogen (secondary N) is 1. The Balaban J connectivity index is 4.46. The molecule has 0 aromatic carbocycles. The van der Waals surface area contributed by atoms with Gasteiger partial charge in [-0.2, -0.15) is 0 Å². The molecule has 1 amide bonds. The Morgan fingerprint density at radius 1 is 0.385 bits per heavy atom. The zero-order valence-corrected chi connectivity index (χ0v) is 44.4. The van der Waals surface area contributed by atoms with E-state index < -0.39 is 18.2 Å². The Kier molecular flexibility index (Phi) is 52.9. The van der Waals surface area contributed by atoms with Crippen molar-refractivity contribution < 1.29 is 24.5 Å². The highest BCUT2D eigenvalue weighted by Gasteiger charge is 2.24. The van der Waals surface area contributed by atoms with Gasteiger partial charge in [0.15, 0.2) is 0 Å². The van der Waals surface area contributed by atoms with Crippen molar-refractivity contribution in [1.82, 2.24) is 5.32 Å². The molecule has 3 atom stereocenters. The summed E-state index contributed by atoms with van der Waals surface area (Å²) in [4.78, 5) is 26.3. The van der Waals surface area contributed by atoms with Crippen LogP contribution in [-0.4, -0.2) is 46.9 Å². The van der Waals surface area contributed by atoms with Crippen LogP contribution in [0.15, 0.2) is 0 Å². The van der Waals surface area contributed by atoms with Crippen molar-refractivity contribution in [3.05, 3.63) is 0 Å². The zero-order valence-electron chi connectivity index (χ0n) is 44.4. The maximum absolute atomic E-state index is 13.3. The number of esters is 1. The first-order valence-corrected chi connectivity index (χ1v) is 29.8. The third-order valence-electron chi connectivity index (χ3n) is 14.2. The van der Waals surface area contributed by atoms with Gasteiger partial charge in [0.2, 0.25) is 5.91 Å². The lowest BCUT2D eigenvalue weighted by Gasteiger charge is -2.24. The molecule has 3 unspecified atom stereocenters. The van der Waals surface area contributed by atoms with Gasteiger partial charge in [0, 0.05) is 6.42 Å². The van der Waals surface area contributed by atoms with Crippen LogP contribution < -0.4 is 5.32 Å². The van der Waals surface area contributed by atoms with Gasteiger partial charge in [0.1, 0.15) is 6.10 Å². The molecule has 6 heteroatoms. The van der Waals surface area contributed by atoms with Crippen LogP contribution in [0.25, 0.3) is 0 Å². The van der Waals surface area contributed by atoms with Gasteiger partial charge in [-0.1, -0.05) is 303 Å². The molecule has 0 heterocycles. The van der Waals surface area contributed by atoms with Crippen molar-refractivity contribution in [2.45, 2.75) is 360 Å². The van der Waals surface area contributed by atoms with Crippen LogP contribution in [-0.2, 0) is 14.3 Å². The second-order valence-electron chi connectivity index (χ2n) is 20.8. The third-order valence-corrected chi connectivity index (χ3v) is 14.2. The minimum Gasteiger partial charge on any atom is -0.462 e. The minimum absolute atomic E-state index is 0.0887. The predicted molar refractivity (Wildman–Crippen MR) is 283 cm³/mol. The van der Waals surface area contributed by atoms with E-state index in [1.165, 1.54) is 257 Å². The van der Waals surface area contributed by atoms with Gasteiger partial charge in [0.05, 0.1) is 25.2 Å². The Hall–Kier alpha value is -1.14. The van der Waals surface area contributed by atoms with Crippen LogP contribution in [0.4, 0.5) is 0 Å². The Morgan fingerprint density at radius 3 is 0.938 bits per heavy atom. The molecular formula is C59H117NO5. The normalized spacial score (nSPS) is 13.0. The number of carbonyl (C=O) groups excluding carboxylic acids is 2. The highest BCUT2D eigenvalue weighted by molar-refractivity contribution is 5.77. The van der Waals surface area contributed by atoms with Crippen molar-refractivity contribution in [1.29, 1.82) is 0 Å². The average molecular weight is 921 g/mol. The number of amides is 1. The molecular weight excluding hydrogens is 803 g/mol. The predicted octanol–water partition coefficient (Wildman–Crippen LogP) is 18.3. The van der Waals surface area contributed by atoms with Gasteiger partial charge < -0.3 is 20.3 Å². The monoisotopic (exact) mass is 920 g/mol. The summed E-state index contributed by atoms with van der Waals surface area (Å²) in [6, 6.07) is -0.693. The number of hydrogen-bond acceptors (Lipinski definition) is 5. The van der Waals surface area contributed by atoms with E-state index in [-0.39, 0.29) is 24.9 Å². The number of ether oxygens (including phenoxy) is 1. The van der Waals surface area contributed by atoms with Gasteiger partial charge in [-0.25, -0.2) is 0 Å². The van der Waals surface area contributed by atoms with Gasteiger partial charge in [-0.05, 0) is 25.7 Å². The van der Waals surface area contributed by atoms with Gasteiger partial charge in [-0.15, -0.1) is 0 Å². The number of hydrogen-bond donors (Lipinski definition) is 3. The second-order valence-corrected chi connectivity index (χ2v) is 20.8. The quantitative estimate of drug-likeness (QED) is 0.0417. The molecule has 0 spiro atoms. The number of aliphatic hydroxyl groups is 2. The Morgan fingerprint density at radius 2 is 0.646 bits per heavy atom. The van der Waals surface area contributed by atoms with Crippen molar-refractivity contribution in [2.75, 3.05) is 6.61 Å². The smallest absolute Gasteiger partial charge is 0.306 e. The average Bonchev–Trinajstić information content (AvgIpc) is 3.30. The number of carbonyl (C=O) groups is 2. The van der Waals surface area contributed by atoms with Crippen molar-refractivity contribution in [3.63, 3.8) is 0 Å². The lowest BCUT2D eigenvalue weighted by molar-refractivity contribution is -0.151. The fourth-order valence-corrected chi connectivity index (χ4v) is 9.67.